The van der Waals surface area contributed by atoms with Gasteiger partial charge in [-0.3, -0.25) is 0 Å². The number of nitriles is 1. The molecule has 0 bridgehead atoms. The van der Waals surface area contributed by atoms with Crippen molar-refractivity contribution in [1.29, 1.82) is 5.26 Å². The molecule has 1 heterocycles. The second-order valence-electron chi connectivity index (χ2n) is 6.23. The zero-order chi connectivity index (χ0) is 16.9. The Morgan fingerprint density at radius 2 is 1.74 bits per heavy atom. The number of hydrogen-bond donors (Lipinski definition) is 0. The Labute approximate surface area is 139 Å². The lowest BCUT2D eigenvalue weighted by molar-refractivity contribution is 0.187. The molecule has 0 atom stereocenters. The molecule has 1 saturated heterocycles. The average Bonchev–Trinajstić information content (AvgIpc) is 2.55. The first-order valence-corrected chi connectivity index (χ1v) is 9.58. The Bertz CT molecular complexity index is 639. The van der Waals surface area contributed by atoms with Crippen LogP contribution < -0.4 is 0 Å². The van der Waals surface area contributed by atoms with Crippen LogP contribution in [0.5, 0.6) is 0 Å². The number of hydrogen-bond acceptors (Lipinski definition) is 4. The Hall–Kier alpha value is -1.42. The molecule has 2 rings (SSSR count). The van der Waals surface area contributed by atoms with Crippen molar-refractivity contribution in [2.75, 3.05) is 32.7 Å². The molecule has 0 aliphatic carbocycles. The van der Waals surface area contributed by atoms with Crippen molar-refractivity contribution in [3.8, 4) is 6.07 Å². The van der Waals surface area contributed by atoms with E-state index in [1.807, 2.05) is 12.1 Å². The summed E-state index contributed by atoms with van der Waals surface area (Å²) < 4.78 is 27.0. The molecule has 0 aromatic heterocycles. The Morgan fingerprint density at radius 1 is 1.13 bits per heavy atom. The van der Waals surface area contributed by atoms with E-state index in [4.69, 9.17) is 5.26 Å². The number of nitrogens with zero attached hydrogens (tertiary/aromatic N) is 3. The summed E-state index contributed by atoms with van der Waals surface area (Å²) in [6.07, 6.45) is 1.40. The molecule has 0 spiro atoms. The highest BCUT2D eigenvalue weighted by Crippen LogP contribution is 2.21. The summed E-state index contributed by atoms with van der Waals surface area (Å²) in [5, 5.41) is 8.57. The number of piperazine rings is 1. The second-order valence-corrected chi connectivity index (χ2v) is 8.17. The van der Waals surface area contributed by atoms with Gasteiger partial charge in [0, 0.05) is 32.6 Å². The van der Waals surface area contributed by atoms with Gasteiger partial charge >= 0.3 is 0 Å². The van der Waals surface area contributed by atoms with Crippen molar-refractivity contribution in [3.05, 3.63) is 29.8 Å². The summed E-state index contributed by atoms with van der Waals surface area (Å²) in [7, 11) is -3.40. The molecule has 1 aliphatic rings. The minimum atomic E-state index is -3.40. The number of rotatable bonds is 6. The van der Waals surface area contributed by atoms with E-state index in [0.29, 0.717) is 30.3 Å². The molecule has 5 nitrogen and oxygen atoms in total. The molecule has 1 aromatic rings. The molecule has 0 radical (unpaired) electrons. The van der Waals surface area contributed by atoms with E-state index >= 15 is 0 Å². The molecule has 23 heavy (non-hydrogen) atoms. The first kappa shape index (κ1) is 17.9. The summed E-state index contributed by atoms with van der Waals surface area (Å²) in [6.45, 7) is 7.54. The minimum Gasteiger partial charge on any atom is -0.301 e. The molecule has 0 N–H and O–H groups in total. The van der Waals surface area contributed by atoms with Crippen LogP contribution in [-0.4, -0.2) is 50.3 Å². The van der Waals surface area contributed by atoms with Crippen LogP contribution in [0, 0.1) is 11.3 Å². The third-order valence-electron chi connectivity index (χ3n) is 4.28. The lowest BCUT2D eigenvalue weighted by Crippen LogP contribution is -2.48. The van der Waals surface area contributed by atoms with Crippen LogP contribution >= 0.6 is 0 Å². The number of unbranched alkanes of at least 4 members (excludes halogenated alkanes) is 1. The highest BCUT2D eigenvalue weighted by molar-refractivity contribution is 7.89. The molecule has 1 aliphatic heterocycles. The lowest BCUT2D eigenvalue weighted by Gasteiger charge is -2.33. The van der Waals surface area contributed by atoms with Crippen molar-refractivity contribution < 1.29 is 8.42 Å². The fourth-order valence-electron chi connectivity index (χ4n) is 2.75. The minimum absolute atomic E-state index is 0.375. The first-order chi connectivity index (χ1) is 10.9. The van der Waals surface area contributed by atoms with Gasteiger partial charge in [0.05, 0.1) is 11.0 Å². The zero-order valence-corrected chi connectivity index (χ0v) is 14.7. The summed E-state index contributed by atoms with van der Waals surface area (Å²) >= 11 is 0. The fraction of sp³-hybridized carbons (Fsp3) is 0.588. The van der Waals surface area contributed by atoms with Crippen LogP contribution in [-0.2, 0) is 10.0 Å². The normalized spacial score (nSPS) is 17.3. The van der Waals surface area contributed by atoms with Gasteiger partial charge in [0.2, 0.25) is 10.0 Å². The Morgan fingerprint density at radius 3 is 2.26 bits per heavy atom. The van der Waals surface area contributed by atoms with E-state index in [9.17, 15) is 8.42 Å². The number of sulfonamides is 1. The zero-order valence-electron chi connectivity index (χ0n) is 13.9. The molecule has 0 amide bonds. The molecule has 0 saturated carbocycles. The highest BCUT2D eigenvalue weighted by Gasteiger charge is 2.28. The second kappa shape index (κ2) is 7.91. The van der Waals surface area contributed by atoms with Crippen LogP contribution in [0.3, 0.4) is 0 Å². The smallest absolute Gasteiger partial charge is 0.243 e. The van der Waals surface area contributed by atoms with Gasteiger partial charge in [0.15, 0.2) is 0 Å². The van der Waals surface area contributed by atoms with E-state index in [1.54, 1.807) is 16.4 Å². The van der Waals surface area contributed by atoms with Gasteiger partial charge in [0.1, 0.15) is 0 Å². The first-order valence-electron chi connectivity index (χ1n) is 8.14. The van der Waals surface area contributed by atoms with Crippen LogP contribution in [0.15, 0.2) is 29.2 Å². The van der Waals surface area contributed by atoms with Crippen molar-refractivity contribution in [2.45, 2.75) is 37.5 Å². The SMILES string of the molecule is CC(C)c1ccc(S(=O)(=O)N2CCN(CCCC#N)CC2)cc1. The largest absolute Gasteiger partial charge is 0.301 e. The van der Waals surface area contributed by atoms with Crippen LogP contribution in [0.25, 0.3) is 0 Å². The Kier molecular flexibility index (Phi) is 6.17. The van der Waals surface area contributed by atoms with Gasteiger partial charge < -0.3 is 4.90 Å². The summed E-state index contributed by atoms with van der Waals surface area (Å²) in [5.74, 6) is 0.392. The maximum Gasteiger partial charge on any atom is 0.243 e. The molecular formula is C17H25N3O2S. The van der Waals surface area contributed by atoms with Crippen LogP contribution in [0.4, 0.5) is 0 Å². The van der Waals surface area contributed by atoms with Crippen LogP contribution in [0.2, 0.25) is 0 Å². The molecule has 126 valence electrons. The van der Waals surface area contributed by atoms with E-state index in [-0.39, 0.29) is 0 Å². The van der Waals surface area contributed by atoms with Gasteiger partial charge in [0.25, 0.3) is 0 Å². The maximum absolute atomic E-state index is 12.7. The Balaban J connectivity index is 1.97. The summed E-state index contributed by atoms with van der Waals surface area (Å²) in [5.41, 5.74) is 1.14. The van der Waals surface area contributed by atoms with Gasteiger partial charge in [-0.2, -0.15) is 9.57 Å². The van der Waals surface area contributed by atoms with Gasteiger partial charge in [-0.25, -0.2) is 8.42 Å². The van der Waals surface area contributed by atoms with E-state index in [0.717, 1.165) is 31.6 Å². The molecule has 1 aromatic carbocycles. The van der Waals surface area contributed by atoms with E-state index in [1.165, 1.54) is 0 Å². The maximum atomic E-state index is 12.7. The quantitative estimate of drug-likeness (QED) is 0.749. The molecule has 6 heteroatoms. The molecule has 1 fully saturated rings. The predicted octanol–water partition coefficient (Wildman–Crippen LogP) is 2.42. The molecule has 0 unspecified atom stereocenters. The van der Waals surface area contributed by atoms with Crippen molar-refractivity contribution in [3.63, 3.8) is 0 Å². The summed E-state index contributed by atoms with van der Waals surface area (Å²) in [4.78, 5) is 2.60. The summed E-state index contributed by atoms with van der Waals surface area (Å²) in [6, 6.07) is 9.36. The predicted molar refractivity (Wildman–Crippen MR) is 90.6 cm³/mol. The lowest BCUT2D eigenvalue weighted by atomic mass is 10.0. The van der Waals surface area contributed by atoms with Crippen molar-refractivity contribution in [2.24, 2.45) is 0 Å². The van der Waals surface area contributed by atoms with Crippen molar-refractivity contribution >= 4 is 10.0 Å². The number of benzene rings is 1. The fourth-order valence-corrected chi connectivity index (χ4v) is 4.17. The third-order valence-corrected chi connectivity index (χ3v) is 6.19. The van der Waals surface area contributed by atoms with Crippen LogP contribution in [0.1, 0.15) is 38.2 Å². The van der Waals surface area contributed by atoms with Gasteiger partial charge in [-0.15, -0.1) is 0 Å². The monoisotopic (exact) mass is 335 g/mol. The van der Waals surface area contributed by atoms with Gasteiger partial charge in [-0.05, 0) is 36.6 Å². The van der Waals surface area contributed by atoms with E-state index in [2.05, 4.69) is 24.8 Å². The van der Waals surface area contributed by atoms with E-state index < -0.39 is 10.0 Å². The van der Waals surface area contributed by atoms with Crippen molar-refractivity contribution in [1.82, 2.24) is 9.21 Å². The van der Waals surface area contributed by atoms with Gasteiger partial charge in [-0.1, -0.05) is 26.0 Å². The molecular weight excluding hydrogens is 310 g/mol. The highest BCUT2D eigenvalue weighted by atomic mass is 32.2. The standard InChI is InChI=1S/C17H25N3O2S/c1-15(2)16-5-7-17(8-6-16)23(21,22)20-13-11-19(12-14-20)10-4-3-9-18/h5-8,15H,3-4,10-14H2,1-2H3. The third kappa shape index (κ3) is 4.54. The topological polar surface area (TPSA) is 64.4 Å². The average molecular weight is 335 g/mol.